The third kappa shape index (κ3) is 2.80. The van der Waals surface area contributed by atoms with Crippen molar-refractivity contribution in [3.05, 3.63) is 15.6 Å². The van der Waals surface area contributed by atoms with Crippen LogP contribution in [-0.4, -0.2) is 34.8 Å². The lowest BCUT2D eigenvalue weighted by Gasteiger charge is -2.25. The number of carbonyl (C=O) groups is 1. The Balaban J connectivity index is 2.24. The molecule has 0 amide bonds. The molecule has 3 nitrogen and oxygen atoms in total. The van der Waals surface area contributed by atoms with E-state index in [-0.39, 0.29) is 5.97 Å². The van der Waals surface area contributed by atoms with Gasteiger partial charge in [-0.25, -0.2) is 9.78 Å². The third-order valence-corrected chi connectivity index (χ3v) is 6.93. The molecule has 0 N–H and O–H groups in total. The number of thiazole rings is 1. The van der Waals surface area contributed by atoms with Crippen molar-refractivity contribution in [1.82, 2.24) is 4.98 Å². The first-order valence-corrected chi connectivity index (χ1v) is 8.33. The number of aromatic nitrogens is 1. The monoisotopic (exact) mass is 289 g/mol. The summed E-state index contributed by atoms with van der Waals surface area (Å²) in [6.07, 6.45) is 0. The summed E-state index contributed by atoms with van der Waals surface area (Å²) in [7, 11) is 1.40. The normalized spacial score (nSPS) is 24.6. The lowest BCUT2D eigenvalue weighted by Crippen LogP contribution is -2.15. The molecular formula is C11H15NO2S3. The molecule has 1 aliphatic rings. The fourth-order valence-corrected chi connectivity index (χ4v) is 5.80. The van der Waals surface area contributed by atoms with Crippen molar-refractivity contribution in [3.63, 3.8) is 0 Å². The molecule has 0 bridgehead atoms. The maximum absolute atomic E-state index is 11.5. The van der Waals surface area contributed by atoms with E-state index in [4.69, 9.17) is 4.74 Å². The molecule has 2 heterocycles. The summed E-state index contributed by atoms with van der Waals surface area (Å²) >= 11 is 5.54. The first kappa shape index (κ1) is 13.2. The molecule has 2 atom stereocenters. The largest absolute Gasteiger partial charge is 0.464 e. The summed E-state index contributed by atoms with van der Waals surface area (Å²) in [6.45, 7) is 4.16. The van der Waals surface area contributed by atoms with Crippen LogP contribution in [0.25, 0.3) is 0 Å². The van der Waals surface area contributed by atoms with Crippen LogP contribution in [0.1, 0.15) is 32.5 Å². The van der Waals surface area contributed by atoms with E-state index >= 15 is 0 Å². The van der Waals surface area contributed by atoms with Gasteiger partial charge >= 0.3 is 5.97 Å². The molecule has 0 radical (unpaired) electrons. The van der Waals surface area contributed by atoms with Gasteiger partial charge in [0.25, 0.3) is 0 Å². The van der Waals surface area contributed by atoms with E-state index in [9.17, 15) is 4.79 Å². The second-order valence-electron chi connectivity index (χ2n) is 3.82. The van der Waals surface area contributed by atoms with Crippen molar-refractivity contribution in [2.75, 3.05) is 18.6 Å². The molecule has 2 rings (SSSR count). The summed E-state index contributed by atoms with van der Waals surface area (Å²) in [6, 6.07) is 0. The van der Waals surface area contributed by atoms with Gasteiger partial charge in [0, 0.05) is 21.6 Å². The van der Waals surface area contributed by atoms with Crippen LogP contribution in [-0.2, 0) is 4.74 Å². The van der Waals surface area contributed by atoms with Crippen LogP contribution >= 0.6 is 34.9 Å². The highest BCUT2D eigenvalue weighted by Crippen LogP contribution is 2.44. The molecule has 17 heavy (non-hydrogen) atoms. The molecule has 1 fully saturated rings. The molecule has 1 aliphatic heterocycles. The molecule has 94 valence electrons. The Morgan fingerprint density at radius 1 is 1.41 bits per heavy atom. The second-order valence-corrected chi connectivity index (χ2v) is 7.79. The van der Waals surface area contributed by atoms with Gasteiger partial charge in [-0.3, -0.25) is 0 Å². The SMILES string of the molecule is COC(=O)c1nc(C2SCCSC2C)sc1C. The summed E-state index contributed by atoms with van der Waals surface area (Å²) in [4.78, 5) is 16.9. The van der Waals surface area contributed by atoms with E-state index in [1.807, 2.05) is 30.4 Å². The van der Waals surface area contributed by atoms with Crippen LogP contribution in [0.4, 0.5) is 0 Å². The van der Waals surface area contributed by atoms with E-state index < -0.39 is 0 Å². The average Bonchev–Trinajstić information content (AvgIpc) is 2.71. The van der Waals surface area contributed by atoms with Gasteiger partial charge in [-0.15, -0.1) is 23.1 Å². The summed E-state index contributed by atoms with van der Waals surface area (Å²) in [5, 5.41) is 2.04. The van der Waals surface area contributed by atoms with E-state index in [0.29, 0.717) is 16.2 Å². The molecular weight excluding hydrogens is 274 g/mol. The molecule has 1 aromatic heterocycles. The number of hydrogen-bond acceptors (Lipinski definition) is 6. The Labute approximate surface area is 114 Å². The molecule has 0 aromatic carbocycles. The van der Waals surface area contributed by atoms with Gasteiger partial charge in [-0.2, -0.15) is 11.8 Å². The van der Waals surface area contributed by atoms with Crippen molar-refractivity contribution >= 4 is 40.8 Å². The van der Waals surface area contributed by atoms with Crippen LogP contribution in [0.5, 0.6) is 0 Å². The fourth-order valence-electron chi connectivity index (χ4n) is 1.73. The van der Waals surface area contributed by atoms with Crippen molar-refractivity contribution in [1.29, 1.82) is 0 Å². The Bertz CT molecular complexity index is 419. The predicted molar refractivity (Wildman–Crippen MR) is 75.3 cm³/mol. The number of hydrogen-bond donors (Lipinski definition) is 0. The van der Waals surface area contributed by atoms with Gasteiger partial charge in [-0.05, 0) is 6.92 Å². The average molecular weight is 289 g/mol. The number of esters is 1. The highest BCUT2D eigenvalue weighted by Gasteiger charge is 2.28. The lowest BCUT2D eigenvalue weighted by atomic mass is 10.3. The minimum Gasteiger partial charge on any atom is -0.464 e. The number of rotatable bonds is 2. The van der Waals surface area contributed by atoms with E-state index in [2.05, 4.69) is 11.9 Å². The topological polar surface area (TPSA) is 39.2 Å². The number of methoxy groups -OCH3 is 1. The van der Waals surface area contributed by atoms with Gasteiger partial charge in [-0.1, -0.05) is 6.92 Å². The minimum absolute atomic E-state index is 0.328. The summed E-state index contributed by atoms with van der Waals surface area (Å²) < 4.78 is 4.74. The van der Waals surface area contributed by atoms with Gasteiger partial charge in [0.2, 0.25) is 0 Å². The standard InChI is InChI=1S/C11H15NO2S3/c1-6-8(11(13)14-3)12-10(17-6)9-7(2)15-4-5-16-9/h7,9H,4-5H2,1-3H3. The summed E-state index contributed by atoms with van der Waals surface area (Å²) in [5.74, 6) is 2.04. The van der Waals surface area contributed by atoms with Crippen molar-refractivity contribution in [2.24, 2.45) is 0 Å². The Hall–Kier alpha value is -0.200. The number of nitrogens with zero attached hydrogens (tertiary/aromatic N) is 1. The molecule has 0 aliphatic carbocycles. The number of thioether (sulfide) groups is 2. The third-order valence-electron chi connectivity index (χ3n) is 2.62. The molecule has 1 aromatic rings. The van der Waals surface area contributed by atoms with Crippen LogP contribution in [0, 0.1) is 6.92 Å². The van der Waals surface area contributed by atoms with Crippen molar-refractivity contribution in [3.8, 4) is 0 Å². The molecule has 6 heteroatoms. The van der Waals surface area contributed by atoms with Crippen molar-refractivity contribution in [2.45, 2.75) is 24.3 Å². The van der Waals surface area contributed by atoms with Gasteiger partial charge in [0.05, 0.1) is 12.4 Å². The maximum atomic E-state index is 11.5. The van der Waals surface area contributed by atoms with E-state index in [1.54, 1.807) is 11.3 Å². The zero-order chi connectivity index (χ0) is 12.4. The summed E-state index contributed by atoms with van der Waals surface area (Å²) in [5.41, 5.74) is 0.482. The number of ether oxygens (including phenoxy) is 1. The minimum atomic E-state index is -0.328. The van der Waals surface area contributed by atoms with Gasteiger partial charge in [0.15, 0.2) is 5.69 Å². The molecule has 2 unspecified atom stereocenters. The van der Waals surface area contributed by atoms with Crippen LogP contribution in [0.3, 0.4) is 0 Å². The van der Waals surface area contributed by atoms with Crippen molar-refractivity contribution < 1.29 is 9.53 Å². The van der Waals surface area contributed by atoms with Crippen LogP contribution in [0.2, 0.25) is 0 Å². The molecule has 0 spiro atoms. The Kier molecular flexibility index (Phi) is 4.38. The fraction of sp³-hybridized carbons (Fsp3) is 0.636. The van der Waals surface area contributed by atoms with Crippen LogP contribution < -0.4 is 0 Å². The van der Waals surface area contributed by atoms with Gasteiger partial charge in [0.1, 0.15) is 5.01 Å². The highest BCUT2D eigenvalue weighted by atomic mass is 32.2. The number of carbonyl (C=O) groups excluding carboxylic acids is 1. The maximum Gasteiger partial charge on any atom is 0.357 e. The van der Waals surface area contributed by atoms with Gasteiger partial charge < -0.3 is 4.74 Å². The Morgan fingerprint density at radius 3 is 2.76 bits per heavy atom. The quantitative estimate of drug-likeness (QED) is 0.782. The van der Waals surface area contributed by atoms with E-state index in [0.717, 1.165) is 15.6 Å². The van der Waals surface area contributed by atoms with Crippen LogP contribution in [0.15, 0.2) is 0 Å². The second kappa shape index (κ2) is 5.63. The highest BCUT2D eigenvalue weighted by molar-refractivity contribution is 8.06. The first-order valence-electron chi connectivity index (χ1n) is 5.42. The zero-order valence-electron chi connectivity index (χ0n) is 10.1. The first-order chi connectivity index (χ1) is 8.13. The Morgan fingerprint density at radius 2 is 2.12 bits per heavy atom. The number of aryl methyl sites for hydroxylation is 1. The molecule has 1 saturated heterocycles. The lowest BCUT2D eigenvalue weighted by molar-refractivity contribution is 0.0594. The van der Waals surface area contributed by atoms with E-state index in [1.165, 1.54) is 12.9 Å². The predicted octanol–water partition coefficient (Wildman–Crippen LogP) is 3.15. The molecule has 0 saturated carbocycles. The smallest absolute Gasteiger partial charge is 0.357 e. The zero-order valence-corrected chi connectivity index (χ0v) is 12.5.